The lowest BCUT2D eigenvalue weighted by molar-refractivity contribution is -0.302. The Morgan fingerprint density at radius 3 is 1.23 bits per heavy atom. The minimum Gasteiger partial charge on any atom is -0.394 e. The molecule has 1 amide bonds. The SMILES string of the molecule is CC/C=C\C/C=C\C/C=C\C/C=C\C/C=C\C/C=C\C/C=C\C/C=C\CCCCCCCCCCCCC(=O)NC(COC1OC(CO)C(O)C(O)C1O)C(O)/C=C/CC/C=C/CC/C=C/CCCCCCCCCCCC. The molecule has 0 spiro atoms. The quantitative estimate of drug-likeness (QED) is 0.0261. The van der Waals surface area contributed by atoms with Crippen molar-refractivity contribution in [3.05, 3.63) is 134 Å². The molecule has 1 rings (SSSR count). The number of hydrogen-bond acceptors (Lipinski definition) is 8. The minimum absolute atomic E-state index is 0.200. The predicted molar refractivity (Wildman–Crippen MR) is 331 cm³/mol. The Kier molecular flexibility index (Phi) is 52.5. The number of allylic oxidation sites excluding steroid dienone is 21. The Bertz CT molecular complexity index is 1690. The number of rotatable bonds is 52. The van der Waals surface area contributed by atoms with Crippen LogP contribution in [0.1, 0.15) is 239 Å². The van der Waals surface area contributed by atoms with Gasteiger partial charge in [0.1, 0.15) is 24.4 Å². The summed E-state index contributed by atoms with van der Waals surface area (Å²) in [5.74, 6) is -0.200. The zero-order valence-electron chi connectivity index (χ0n) is 49.4. The van der Waals surface area contributed by atoms with Gasteiger partial charge in [0.05, 0.1) is 25.4 Å². The van der Waals surface area contributed by atoms with Crippen LogP contribution in [0.3, 0.4) is 0 Å². The summed E-state index contributed by atoms with van der Waals surface area (Å²) in [7, 11) is 0. The van der Waals surface area contributed by atoms with Crippen molar-refractivity contribution in [3.8, 4) is 0 Å². The van der Waals surface area contributed by atoms with Gasteiger partial charge in [0.15, 0.2) is 6.29 Å². The summed E-state index contributed by atoms with van der Waals surface area (Å²) in [4.78, 5) is 13.1. The van der Waals surface area contributed by atoms with Gasteiger partial charge in [-0.05, 0) is 109 Å². The van der Waals surface area contributed by atoms with Crippen LogP contribution in [0.2, 0.25) is 0 Å². The van der Waals surface area contributed by atoms with Crippen molar-refractivity contribution in [1.82, 2.24) is 5.32 Å². The van der Waals surface area contributed by atoms with E-state index in [4.69, 9.17) is 9.47 Å². The van der Waals surface area contributed by atoms with Gasteiger partial charge in [-0.1, -0.05) is 257 Å². The number of hydrogen-bond donors (Lipinski definition) is 6. The molecule has 0 bridgehead atoms. The predicted octanol–water partition coefficient (Wildman–Crippen LogP) is 16.5. The summed E-state index contributed by atoms with van der Waals surface area (Å²) in [5, 5.41) is 54.6. The maximum Gasteiger partial charge on any atom is 0.220 e. The van der Waals surface area contributed by atoms with E-state index in [2.05, 4.69) is 141 Å². The molecule has 9 nitrogen and oxygen atoms in total. The van der Waals surface area contributed by atoms with Crippen molar-refractivity contribution >= 4 is 5.91 Å². The van der Waals surface area contributed by atoms with Crippen LogP contribution in [0.5, 0.6) is 0 Å². The van der Waals surface area contributed by atoms with Gasteiger partial charge in [-0.15, -0.1) is 0 Å². The highest BCUT2D eigenvalue weighted by Gasteiger charge is 2.44. The lowest BCUT2D eigenvalue weighted by Gasteiger charge is -2.40. The molecule has 0 aromatic heterocycles. The van der Waals surface area contributed by atoms with Crippen molar-refractivity contribution in [2.45, 2.75) is 281 Å². The summed E-state index contributed by atoms with van der Waals surface area (Å²) >= 11 is 0. The van der Waals surface area contributed by atoms with E-state index < -0.39 is 49.5 Å². The number of ether oxygens (including phenoxy) is 2. The number of nitrogens with one attached hydrogen (secondary N) is 1. The van der Waals surface area contributed by atoms with Crippen LogP contribution < -0.4 is 5.32 Å². The maximum atomic E-state index is 13.1. The van der Waals surface area contributed by atoms with Gasteiger partial charge in [-0.3, -0.25) is 4.79 Å². The molecule has 7 atom stereocenters. The zero-order valence-corrected chi connectivity index (χ0v) is 49.4. The largest absolute Gasteiger partial charge is 0.394 e. The summed E-state index contributed by atoms with van der Waals surface area (Å²) in [6, 6.07) is -0.841. The molecule has 1 saturated heterocycles. The van der Waals surface area contributed by atoms with E-state index in [1.165, 1.54) is 103 Å². The summed E-state index contributed by atoms with van der Waals surface area (Å²) in [5.41, 5.74) is 0. The van der Waals surface area contributed by atoms with Crippen LogP contribution in [0.25, 0.3) is 0 Å². The number of aliphatic hydroxyl groups is 5. The minimum atomic E-state index is -1.58. The molecule has 1 aliphatic heterocycles. The standard InChI is InChI=1S/C69H115NO8/c1-3-5-7-9-11-13-15-17-19-21-23-25-26-27-28-29-30-31-32-33-34-35-36-37-38-39-41-43-45-47-49-51-53-55-57-59-65(73)70-62(61-77-69-68(76)67(75)66(74)64(60-71)78-69)63(72)58-56-54-52-50-48-46-44-42-40-24-22-20-18-16-14-12-10-8-6-4-2/h5,7,11,13,17,19,23,25,27-28,30-31,33-34,36-37,40,42,48,50,56,58,62-64,66-69,71-72,74-76H,3-4,6,8-10,12,14-16,18,20-22,24,26,29,32,35,38-39,41,43-47,49,51-55,57,59-61H2,1-2H3,(H,70,73)/b7-5-,13-11-,19-17-,25-23-,28-27-,31-30-,34-33-,37-36-,42-40+,50-48+,58-56+. The maximum absolute atomic E-state index is 13.1. The molecular formula is C69H115NO8. The van der Waals surface area contributed by atoms with E-state index in [9.17, 15) is 30.3 Å². The van der Waals surface area contributed by atoms with Crippen LogP contribution in [-0.4, -0.2) is 87.5 Å². The molecule has 0 aliphatic carbocycles. The molecular weight excluding hydrogens is 971 g/mol. The van der Waals surface area contributed by atoms with Gasteiger partial charge in [0.2, 0.25) is 5.91 Å². The van der Waals surface area contributed by atoms with Crippen molar-refractivity contribution in [2.24, 2.45) is 0 Å². The molecule has 1 aliphatic rings. The molecule has 0 aromatic rings. The molecule has 0 radical (unpaired) electrons. The fraction of sp³-hybridized carbons (Fsp3) is 0.667. The molecule has 0 aromatic carbocycles. The first-order chi connectivity index (χ1) is 38.3. The monoisotopic (exact) mass is 1090 g/mol. The van der Waals surface area contributed by atoms with Crippen molar-refractivity contribution in [1.29, 1.82) is 0 Å². The second kappa shape index (κ2) is 56.6. The lowest BCUT2D eigenvalue weighted by Crippen LogP contribution is -2.60. The van der Waals surface area contributed by atoms with Gasteiger partial charge >= 0.3 is 0 Å². The zero-order chi connectivity index (χ0) is 56.5. The molecule has 1 heterocycles. The van der Waals surface area contributed by atoms with Crippen LogP contribution in [0, 0.1) is 0 Å². The smallest absolute Gasteiger partial charge is 0.220 e. The normalized spacial score (nSPS) is 19.6. The Morgan fingerprint density at radius 1 is 0.449 bits per heavy atom. The van der Waals surface area contributed by atoms with Crippen molar-refractivity contribution in [2.75, 3.05) is 13.2 Å². The van der Waals surface area contributed by atoms with E-state index in [1.807, 2.05) is 6.08 Å². The van der Waals surface area contributed by atoms with Gasteiger partial charge in [-0.25, -0.2) is 0 Å². The first-order valence-corrected chi connectivity index (χ1v) is 31.4. The van der Waals surface area contributed by atoms with Crippen LogP contribution in [-0.2, 0) is 14.3 Å². The molecule has 9 heteroatoms. The second-order valence-corrected chi connectivity index (χ2v) is 21.1. The number of carbonyl (C=O) groups excluding carboxylic acids is 1. The summed E-state index contributed by atoms with van der Waals surface area (Å²) in [6.07, 6.45) is 79.5. The number of aliphatic hydroxyl groups excluding tert-OH is 5. The van der Waals surface area contributed by atoms with Gasteiger partial charge in [0.25, 0.3) is 0 Å². The molecule has 1 fully saturated rings. The van der Waals surface area contributed by atoms with Crippen LogP contribution in [0.15, 0.2) is 134 Å². The summed E-state index contributed by atoms with van der Waals surface area (Å²) in [6.45, 7) is 3.64. The van der Waals surface area contributed by atoms with Crippen LogP contribution in [0.4, 0.5) is 0 Å². The highest BCUT2D eigenvalue weighted by molar-refractivity contribution is 5.76. The second-order valence-electron chi connectivity index (χ2n) is 21.1. The van der Waals surface area contributed by atoms with Gasteiger partial charge < -0.3 is 40.3 Å². The third-order valence-corrected chi connectivity index (χ3v) is 13.9. The first-order valence-electron chi connectivity index (χ1n) is 31.4. The Balaban J connectivity index is 2.22. The number of amides is 1. The molecule has 78 heavy (non-hydrogen) atoms. The van der Waals surface area contributed by atoms with Gasteiger partial charge in [-0.2, -0.15) is 0 Å². The molecule has 7 unspecified atom stereocenters. The van der Waals surface area contributed by atoms with E-state index in [1.54, 1.807) is 6.08 Å². The van der Waals surface area contributed by atoms with Gasteiger partial charge in [0, 0.05) is 6.42 Å². The van der Waals surface area contributed by atoms with E-state index in [0.29, 0.717) is 6.42 Å². The van der Waals surface area contributed by atoms with Crippen molar-refractivity contribution in [3.63, 3.8) is 0 Å². The highest BCUT2D eigenvalue weighted by atomic mass is 16.7. The topological polar surface area (TPSA) is 149 Å². The molecule has 444 valence electrons. The van der Waals surface area contributed by atoms with E-state index in [-0.39, 0.29) is 12.5 Å². The highest BCUT2D eigenvalue weighted by Crippen LogP contribution is 2.23. The van der Waals surface area contributed by atoms with E-state index >= 15 is 0 Å². The Morgan fingerprint density at radius 2 is 0.808 bits per heavy atom. The first kappa shape index (κ1) is 72.3. The van der Waals surface area contributed by atoms with E-state index in [0.717, 1.165) is 116 Å². The molecule has 6 N–H and O–H groups in total. The Hall–Kier alpha value is -3.67. The van der Waals surface area contributed by atoms with Crippen molar-refractivity contribution < 1.29 is 39.8 Å². The fourth-order valence-electron chi connectivity index (χ4n) is 9.03. The third-order valence-electron chi connectivity index (χ3n) is 13.9. The average molecular weight is 1090 g/mol. The number of unbranched alkanes of at least 4 members (excludes halogenated alkanes) is 22. The van der Waals surface area contributed by atoms with Crippen LogP contribution >= 0.6 is 0 Å². The number of carbonyl (C=O) groups is 1. The molecule has 0 saturated carbocycles. The fourth-order valence-corrected chi connectivity index (χ4v) is 9.03. The summed E-state index contributed by atoms with van der Waals surface area (Å²) < 4.78 is 11.3. The average Bonchev–Trinajstić information content (AvgIpc) is 3.45. The third kappa shape index (κ3) is 45.1. The Labute approximate surface area is 477 Å². The lowest BCUT2D eigenvalue weighted by atomic mass is 9.99.